The Hall–Kier alpha value is -0.570. The maximum Gasteiger partial charge on any atom is 0.222 e. The van der Waals surface area contributed by atoms with Crippen LogP contribution in [-0.2, 0) is 4.79 Å². The summed E-state index contributed by atoms with van der Waals surface area (Å²) in [5.41, 5.74) is 0. The molecule has 0 aromatic carbocycles. The molecule has 2 saturated heterocycles. The molecule has 3 heteroatoms. The molecule has 2 heterocycles. The fourth-order valence-electron chi connectivity index (χ4n) is 2.82. The van der Waals surface area contributed by atoms with E-state index in [-0.39, 0.29) is 0 Å². The minimum Gasteiger partial charge on any atom is -0.341 e. The first-order valence-electron chi connectivity index (χ1n) is 6.68. The van der Waals surface area contributed by atoms with Crippen LogP contribution in [0.15, 0.2) is 0 Å². The number of amides is 1. The topological polar surface area (TPSA) is 32.3 Å². The molecule has 0 unspecified atom stereocenters. The maximum atomic E-state index is 12.0. The molecule has 1 amide bonds. The van der Waals surface area contributed by atoms with Gasteiger partial charge in [0, 0.05) is 25.6 Å². The summed E-state index contributed by atoms with van der Waals surface area (Å²) in [6.45, 7) is 7.43. The van der Waals surface area contributed by atoms with Gasteiger partial charge in [0.05, 0.1) is 0 Å². The normalized spacial score (nSPS) is 29.6. The summed E-state index contributed by atoms with van der Waals surface area (Å²) in [5.74, 6) is 1.72. The van der Waals surface area contributed by atoms with E-state index in [0.717, 1.165) is 38.4 Å². The van der Waals surface area contributed by atoms with Crippen LogP contribution in [0.4, 0.5) is 0 Å². The summed E-state index contributed by atoms with van der Waals surface area (Å²) in [4.78, 5) is 14.1. The maximum absolute atomic E-state index is 12.0. The average Bonchev–Trinajstić information content (AvgIpc) is 2.69. The van der Waals surface area contributed by atoms with Crippen molar-refractivity contribution in [3.05, 3.63) is 0 Å². The third kappa shape index (κ3) is 2.76. The van der Waals surface area contributed by atoms with Crippen LogP contribution in [0, 0.1) is 11.8 Å². The molecule has 92 valence electrons. The van der Waals surface area contributed by atoms with Gasteiger partial charge in [-0.2, -0.15) is 0 Å². The molecule has 0 radical (unpaired) electrons. The van der Waals surface area contributed by atoms with E-state index in [1.165, 1.54) is 12.8 Å². The van der Waals surface area contributed by atoms with Gasteiger partial charge in [-0.1, -0.05) is 13.8 Å². The highest BCUT2D eigenvalue weighted by molar-refractivity contribution is 5.76. The molecule has 0 aromatic heterocycles. The van der Waals surface area contributed by atoms with Gasteiger partial charge in [-0.3, -0.25) is 4.79 Å². The molecule has 2 aliphatic rings. The molecule has 16 heavy (non-hydrogen) atoms. The molecule has 0 saturated carbocycles. The lowest BCUT2D eigenvalue weighted by atomic mass is 9.94. The van der Waals surface area contributed by atoms with Gasteiger partial charge in [0.1, 0.15) is 0 Å². The number of fused-ring (bicyclic) bond motifs is 1. The first-order chi connectivity index (χ1) is 7.66. The zero-order valence-electron chi connectivity index (χ0n) is 10.5. The Bertz CT molecular complexity index is 238. The smallest absolute Gasteiger partial charge is 0.222 e. The van der Waals surface area contributed by atoms with Gasteiger partial charge < -0.3 is 10.2 Å². The number of hydrogen-bond acceptors (Lipinski definition) is 2. The highest BCUT2D eigenvalue weighted by Gasteiger charge is 2.35. The second kappa shape index (κ2) is 5.17. The first kappa shape index (κ1) is 11.9. The number of nitrogens with zero attached hydrogens (tertiary/aromatic N) is 1. The van der Waals surface area contributed by atoms with E-state index in [1.807, 2.05) is 0 Å². The molecule has 2 aliphatic heterocycles. The van der Waals surface area contributed by atoms with Crippen molar-refractivity contribution >= 4 is 5.91 Å². The standard InChI is InChI=1S/C13H24N2O/c1-10(2)5-6-13(16)15-8-11-4-3-7-14-12(11)9-15/h10-12,14H,3-9H2,1-2H3/t11-,12+/m0/s1. The predicted molar refractivity (Wildman–Crippen MR) is 65.2 cm³/mol. The SMILES string of the molecule is CC(C)CCC(=O)N1C[C@@H]2CCCN[C@@H]2C1. The summed E-state index contributed by atoms with van der Waals surface area (Å²) in [6.07, 6.45) is 4.33. The number of likely N-dealkylation sites (tertiary alicyclic amines) is 1. The van der Waals surface area contributed by atoms with Crippen molar-refractivity contribution < 1.29 is 4.79 Å². The molecule has 2 rings (SSSR count). The molecule has 0 aliphatic carbocycles. The van der Waals surface area contributed by atoms with Gasteiger partial charge in [-0.25, -0.2) is 0 Å². The molecule has 0 spiro atoms. The van der Waals surface area contributed by atoms with E-state index in [4.69, 9.17) is 0 Å². The molecular formula is C13H24N2O. The molecular weight excluding hydrogens is 200 g/mol. The number of carbonyl (C=O) groups is 1. The zero-order valence-corrected chi connectivity index (χ0v) is 10.5. The molecule has 3 nitrogen and oxygen atoms in total. The second-order valence-corrected chi connectivity index (χ2v) is 5.69. The number of piperidine rings is 1. The van der Waals surface area contributed by atoms with Crippen LogP contribution in [0.3, 0.4) is 0 Å². The molecule has 2 fully saturated rings. The first-order valence-corrected chi connectivity index (χ1v) is 6.68. The Morgan fingerprint density at radius 2 is 2.25 bits per heavy atom. The minimum atomic E-state index is 0.366. The van der Waals surface area contributed by atoms with Crippen molar-refractivity contribution in [2.45, 2.75) is 45.6 Å². The molecule has 1 N–H and O–H groups in total. The number of rotatable bonds is 3. The molecule has 0 aromatic rings. The average molecular weight is 224 g/mol. The molecule has 2 atom stereocenters. The van der Waals surface area contributed by atoms with E-state index >= 15 is 0 Å². The third-order valence-corrected chi connectivity index (χ3v) is 3.89. The van der Waals surface area contributed by atoms with E-state index < -0.39 is 0 Å². The van der Waals surface area contributed by atoms with Crippen molar-refractivity contribution in [3.63, 3.8) is 0 Å². The van der Waals surface area contributed by atoms with Crippen molar-refractivity contribution in [1.29, 1.82) is 0 Å². The second-order valence-electron chi connectivity index (χ2n) is 5.69. The van der Waals surface area contributed by atoms with E-state index in [9.17, 15) is 4.79 Å². The highest BCUT2D eigenvalue weighted by atomic mass is 16.2. The zero-order chi connectivity index (χ0) is 11.5. The highest BCUT2D eigenvalue weighted by Crippen LogP contribution is 2.25. The van der Waals surface area contributed by atoms with Crippen LogP contribution >= 0.6 is 0 Å². The Labute approximate surface area is 98.6 Å². The summed E-state index contributed by atoms with van der Waals surface area (Å²) >= 11 is 0. The number of hydrogen-bond donors (Lipinski definition) is 1. The Kier molecular flexibility index (Phi) is 3.85. The van der Waals surface area contributed by atoms with E-state index in [2.05, 4.69) is 24.1 Å². The van der Waals surface area contributed by atoms with Crippen molar-refractivity contribution in [2.75, 3.05) is 19.6 Å². The van der Waals surface area contributed by atoms with Gasteiger partial charge in [-0.05, 0) is 37.6 Å². The predicted octanol–water partition coefficient (Wildman–Crippen LogP) is 1.63. The monoisotopic (exact) mass is 224 g/mol. The summed E-state index contributed by atoms with van der Waals surface area (Å²) in [5, 5.41) is 3.54. The van der Waals surface area contributed by atoms with Crippen LogP contribution in [0.2, 0.25) is 0 Å². The van der Waals surface area contributed by atoms with Crippen LogP contribution in [0.5, 0.6) is 0 Å². The number of carbonyl (C=O) groups excluding carboxylic acids is 1. The third-order valence-electron chi connectivity index (χ3n) is 3.89. The van der Waals surface area contributed by atoms with Crippen molar-refractivity contribution in [2.24, 2.45) is 11.8 Å². The lowest BCUT2D eigenvalue weighted by Crippen LogP contribution is -2.41. The fraction of sp³-hybridized carbons (Fsp3) is 0.923. The minimum absolute atomic E-state index is 0.366. The van der Waals surface area contributed by atoms with Crippen LogP contribution in [-0.4, -0.2) is 36.5 Å². The lowest BCUT2D eigenvalue weighted by molar-refractivity contribution is -0.130. The van der Waals surface area contributed by atoms with Gasteiger partial charge >= 0.3 is 0 Å². The Morgan fingerprint density at radius 1 is 1.44 bits per heavy atom. The van der Waals surface area contributed by atoms with Crippen LogP contribution < -0.4 is 5.32 Å². The largest absolute Gasteiger partial charge is 0.341 e. The van der Waals surface area contributed by atoms with Crippen LogP contribution in [0.1, 0.15) is 39.5 Å². The van der Waals surface area contributed by atoms with Gasteiger partial charge in [0.25, 0.3) is 0 Å². The fourth-order valence-corrected chi connectivity index (χ4v) is 2.82. The summed E-state index contributed by atoms with van der Waals surface area (Å²) in [6, 6.07) is 0.580. The number of nitrogens with one attached hydrogen (secondary N) is 1. The molecule has 0 bridgehead atoms. The Balaban J connectivity index is 1.80. The van der Waals surface area contributed by atoms with Gasteiger partial charge in [0.2, 0.25) is 5.91 Å². The Morgan fingerprint density at radius 3 is 2.94 bits per heavy atom. The van der Waals surface area contributed by atoms with Crippen molar-refractivity contribution in [3.8, 4) is 0 Å². The summed E-state index contributed by atoms with van der Waals surface area (Å²) < 4.78 is 0. The van der Waals surface area contributed by atoms with Gasteiger partial charge in [-0.15, -0.1) is 0 Å². The lowest BCUT2D eigenvalue weighted by Gasteiger charge is -2.24. The quantitative estimate of drug-likeness (QED) is 0.790. The van der Waals surface area contributed by atoms with Gasteiger partial charge in [0.15, 0.2) is 0 Å². The summed E-state index contributed by atoms with van der Waals surface area (Å²) in [7, 11) is 0. The van der Waals surface area contributed by atoms with E-state index in [1.54, 1.807) is 0 Å². The van der Waals surface area contributed by atoms with E-state index in [0.29, 0.717) is 17.9 Å². The van der Waals surface area contributed by atoms with Crippen molar-refractivity contribution in [1.82, 2.24) is 10.2 Å². The van der Waals surface area contributed by atoms with Crippen LogP contribution in [0.25, 0.3) is 0 Å².